The first kappa shape index (κ1) is 11.6. The van der Waals surface area contributed by atoms with Crippen molar-refractivity contribution in [2.24, 2.45) is 0 Å². The number of aromatic amines is 1. The molecule has 0 fully saturated rings. The van der Waals surface area contributed by atoms with E-state index in [2.05, 4.69) is 31.0 Å². The van der Waals surface area contributed by atoms with Crippen LogP contribution in [0, 0.1) is 0 Å². The van der Waals surface area contributed by atoms with Gasteiger partial charge in [0.2, 0.25) is 5.91 Å². The highest BCUT2D eigenvalue weighted by Gasteiger charge is 2.23. The maximum absolute atomic E-state index is 11.2. The highest BCUT2D eigenvalue weighted by Crippen LogP contribution is 2.15. The lowest BCUT2D eigenvalue weighted by molar-refractivity contribution is -0.679. The highest BCUT2D eigenvalue weighted by atomic mass is 79.9. The van der Waals surface area contributed by atoms with Crippen molar-refractivity contribution in [1.82, 2.24) is 5.27 Å². The molecule has 0 spiro atoms. The summed E-state index contributed by atoms with van der Waals surface area (Å²) in [5.74, 6) is -0.194. The topological polar surface area (TPSA) is 79.0 Å². The summed E-state index contributed by atoms with van der Waals surface area (Å²) in [5.41, 5.74) is 0.644. The summed E-state index contributed by atoms with van der Waals surface area (Å²) in [6.07, 6.45) is 0. The number of nitrogens with zero attached hydrogens (tertiary/aromatic N) is 1. The van der Waals surface area contributed by atoms with Crippen molar-refractivity contribution >= 4 is 27.5 Å². The summed E-state index contributed by atoms with van der Waals surface area (Å²) in [7, 11) is 0. The minimum Gasteiger partial charge on any atom is -0.321 e. The summed E-state index contributed by atoms with van der Waals surface area (Å²) in [4.78, 5) is 22.3. The molecule has 17 heavy (non-hydrogen) atoms. The average Bonchev–Trinajstić information content (AvgIpc) is 2.60. The van der Waals surface area contributed by atoms with Gasteiger partial charge in [-0.15, -0.1) is 0 Å². The molecule has 2 N–H and O–H groups in total. The Bertz CT molecular complexity index is 617. The Labute approximate surface area is 104 Å². The van der Waals surface area contributed by atoms with E-state index in [1.54, 1.807) is 24.3 Å². The van der Waals surface area contributed by atoms with Crippen LogP contribution in [0.4, 0.5) is 5.69 Å². The van der Waals surface area contributed by atoms with Crippen LogP contribution in [0.25, 0.3) is 5.69 Å². The summed E-state index contributed by atoms with van der Waals surface area (Å²) in [6, 6.07) is 7.02. The van der Waals surface area contributed by atoms with Crippen molar-refractivity contribution in [2.45, 2.75) is 6.92 Å². The molecule has 1 aromatic carbocycles. The Hall–Kier alpha value is -1.89. The van der Waals surface area contributed by atoms with Crippen molar-refractivity contribution in [1.29, 1.82) is 0 Å². The summed E-state index contributed by atoms with van der Waals surface area (Å²) >= 11 is 3.10. The average molecular weight is 299 g/mol. The molecule has 0 unspecified atom stereocenters. The number of anilines is 1. The minimum atomic E-state index is -0.525. The molecule has 0 aliphatic carbocycles. The van der Waals surface area contributed by atoms with E-state index in [-0.39, 0.29) is 10.5 Å². The monoisotopic (exact) mass is 298 g/mol. The molecule has 0 aliphatic rings. The van der Waals surface area contributed by atoms with Gasteiger partial charge in [-0.05, 0) is 16.0 Å². The van der Waals surface area contributed by atoms with Gasteiger partial charge < -0.3 is 5.32 Å². The molecule has 1 aromatic heterocycles. The SMILES string of the molecule is CC(=O)Nc1ccccc1-[n+]1[nH]oc(=O)c1Br. The number of hydrogen-bond acceptors (Lipinski definition) is 3. The molecule has 0 bridgehead atoms. The predicted molar refractivity (Wildman–Crippen MR) is 62.9 cm³/mol. The molecule has 0 saturated heterocycles. The molecule has 1 amide bonds. The number of rotatable bonds is 2. The zero-order valence-corrected chi connectivity index (χ0v) is 10.4. The van der Waals surface area contributed by atoms with Gasteiger partial charge in [0, 0.05) is 28.9 Å². The van der Waals surface area contributed by atoms with Crippen molar-refractivity contribution < 1.29 is 14.0 Å². The summed E-state index contributed by atoms with van der Waals surface area (Å²) < 4.78 is 6.25. The molecular formula is C10H9BrN3O3+. The molecule has 0 saturated carbocycles. The van der Waals surface area contributed by atoms with Crippen LogP contribution in [0.1, 0.15) is 6.92 Å². The van der Waals surface area contributed by atoms with Gasteiger partial charge in [0.15, 0.2) is 0 Å². The largest absolute Gasteiger partial charge is 0.442 e. The smallest absolute Gasteiger partial charge is 0.321 e. The first-order valence-electron chi connectivity index (χ1n) is 4.75. The standard InChI is InChI=1S/C10H8BrN3O3/c1-6(15)12-7-4-2-3-5-8(7)14-9(11)10(16)17-13-14/h2-5H,1H3,(H-,12,13,15,16)/p+1. The zero-order chi connectivity index (χ0) is 12.4. The van der Waals surface area contributed by atoms with Gasteiger partial charge in [-0.1, -0.05) is 12.1 Å². The lowest BCUT2D eigenvalue weighted by Gasteiger charge is -2.02. The quantitative estimate of drug-likeness (QED) is 0.811. The molecule has 1 heterocycles. The van der Waals surface area contributed by atoms with E-state index in [4.69, 9.17) is 0 Å². The van der Waals surface area contributed by atoms with E-state index in [0.717, 1.165) is 0 Å². The number of carbonyl (C=O) groups excluding carboxylic acids is 1. The number of benzene rings is 1. The van der Waals surface area contributed by atoms with Gasteiger partial charge in [0.25, 0.3) is 5.69 Å². The van der Waals surface area contributed by atoms with E-state index in [1.165, 1.54) is 11.6 Å². The summed E-state index contributed by atoms with van der Waals surface area (Å²) in [6.45, 7) is 1.41. The Morgan fingerprint density at radius 2 is 2.18 bits per heavy atom. The maximum Gasteiger partial charge on any atom is 0.442 e. The van der Waals surface area contributed by atoms with Crippen molar-refractivity contribution in [3.8, 4) is 5.69 Å². The van der Waals surface area contributed by atoms with Gasteiger partial charge in [0.1, 0.15) is 5.69 Å². The fourth-order valence-electron chi connectivity index (χ4n) is 1.38. The molecule has 0 radical (unpaired) electrons. The number of hydrogen-bond donors (Lipinski definition) is 2. The predicted octanol–water partition coefficient (Wildman–Crippen LogP) is 0.965. The van der Waals surface area contributed by atoms with E-state index in [1.807, 2.05) is 0 Å². The lowest BCUT2D eigenvalue weighted by atomic mass is 10.2. The molecule has 7 heteroatoms. The number of H-pyrrole nitrogens is 1. The fraction of sp³-hybridized carbons (Fsp3) is 0.100. The van der Waals surface area contributed by atoms with Crippen molar-refractivity contribution in [3.05, 3.63) is 39.3 Å². The molecule has 2 aromatic rings. The van der Waals surface area contributed by atoms with Gasteiger partial charge in [0.05, 0.1) is 0 Å². The van der Waals surface area contributed by atoms with Crippen molar-refractivity contribution in [2.75, 3.05) is 5.32 Å². The highest BCUT2D eigenvalue weighted by molar-refractivity contribution is 9.10. The van der Waals surface area contributed by atoms with Crippen LogP contribution in [-0.4, -0.2) is 11.2 Å². The second-order valence-corrected chi connectivity index (χ2v) is 4.06. The van der Waals surface area contributed by atoms with E-state index in [0.29, 0.717) is 11.4 Å². The first-order valence-corrected chi connectivity index (χ1v) is 5.55. The first-order chi connectivity index (χ1) is 8.09. The van der Waals surface area contributed by atoms with Crippen LogP contribution in [0.5, 0.6) is 0 Å². The molecule has 2 rings (SSSR count). The molecular weight excluding hydrogens is 290 g/mol. The second kappa shape index (κ2) is 4.54. The van der Waals surface area contributed by atoms with Gasteiger partial charge >= 0.3 is 10.2 Å². The van der Waals surface area contributed by atoms with Gasteiger partial charge in [-0.25, -0.2) is 4.79 Å². The number of nitrogens with one attached hydrogen (secondary N) is 2. The number of para-hydroxylation sites is 2. The van der Waals surface area contributed by atoms with Crippen LogP contribution in [0.3, 0.4) is 0 Å². The molecule has 0 atom stereocenters. The van der Waals surface area contributed by atoms with Gasteiger partial charge in [-0.2, -0.15) is 0 Å². The van der Waals surface area contributed by atoms with Crippen LogP contribution < -0.4 is 15.6 Å². The molecule has 88 valence electrons. The van der Waals surface area contributed by atoms with E-state index >= 15 is 0 Å². The zero-order valence-electron chi connectivity index (χ0n) is 8.86. The Kier molecular flexibility index (Phi) is 3.10. The third-order valence-corrected chi connectivity index (χ3v) is 2.73. The van der Waals surface area contributed by atoms with Crippen LogP contribution in [0.2, 0.25) is 0 Å². The Morgan fingerprint density at radius 3 is 2.76 bits per heavy atom. The van der Waals surface area contributed by atoms with Crippen molar-refractivity contribution in [3.63, 3.8) is 0 Å². The Morgan fingerprint density at radius 1 is 1.47 bits per heavy atom. The van der Waals surface area contributed by atoms with E-state index in [9.17, 15) is 9.59 Å². The lowest BCUT2D eigenvalue weighted by Crippen LogP contribution is -2.36. The van der Waals surface area contributed by atoms with Crippen LogP contribution in [0.15, 0.2) is 38.2 Å². The molecule has 6 nitrogen and oxygen atoms in total. The fourth-order valence-corrected chi connectivity index (χ4v) is 1.72. The van der Waals surface area contributed by atoms with Crippen LogP contribution >= 0.6 is 15.9 Å². The maximum atomic E-state index is 11.2. The van der Waals surface area contributed by atoms with E-state index < -0.39 is 5.63 Å². The number of aromatic nitrogens is 2. The van der Waals surface area contributed by atoms with Crippen LogP contribution in [-0.2, 0) is 4.79 Å². The normalized spacial score (nSPS) is 10.2. The van der Waals surface area contributed by atoms with Gasteiger partial charge in [-0.3, -0.25) is 9.32 Å². The summed E-state index contributed by atoms with van der Waals surface area (Å²) in [5, 5.41) is 5.10. The number of amides is 1. The second-order valence-electron chi connectivity index (χ2n) is 3.31. The third kappa shape index (κ3) is 2.28. The number of halogens is 1. The Balaban J connectivity index is 2.55. The number of carbonyl (C=O) groups is 1. The minimum absolute atomic E-state index is 0.194. The molecule has 0 aliphatic heterocycles. The third-order valence-electron chi connectivity index (χ3n) is 2.05.